The second-order valence-electron chi connectivity index (χ2n) is 4.52. The van der Waals surface area contributed by atoms with Gasteiger partial charge in [0.15, 0.2) is 0 Å². The minimum Gasteiger partial charge on any atom is -0.377 e. The number of hydrogen-bond donors (Lipinski definition) is 2. The lowest BCUT2D eigenvalue weighted by molar-refractivity contribution is 0.788. The molecular weight excluding hydrogens is 252 g/mol. The van der Waals surface area contributed by atoms with Crippen LogP contribution in [0.4, 0.5) is 5.69 Å². The number of thioether (sulfide) groups is 1. The molecular formula is C16H20N2S. The van der Waals surface area contributed by atoms with Crippen LogP contribution < -0.4 is 11.1 Å². The minimum atomic E-state index is 0.150. The van der Waals surface area contributed by atoms with Gasteiger partial charge in [0.05, 0.1) is 6.04 Å². The first kappa shape index (κ1) is 14.0. The van der Waals surface area contributed by atoms with Gasteiger partial charge in [-0.15, -0.1) is 11.8 Å². The van der Waals surface area contributed by atoms with Crippen molar-refractivity contribution in [2.45, 2.75) is 17.9 Å². The summed E-state index contributed by atoms with van der Waals surface area (Å²) in [7, 11) is 0. The summed E-state index contributed by atoms with van der Waals surface area (Å²) in [6.07, 6.45) is 2.08. The summed E-state index contributed by atoms with van der Waals surface area (Å²) in [4.78, 5) is 1.27. The molecule has 3 N–H and O–H groups in total. The number of hydrogen-bond acceptors (Lipinski definition) is 3. The van der Waals surface area contributed by atoms with Crippen LogP contribution in [0.5, 0.6) is 0 Å². The van der Waals surface area contributed by atoms with Gasteiger partial charge in [-0.2, -0.15) is 0 Å². The van der Waals surface area contributed by atoms with Gasteiger partial charge in [-0.05, 0) is 42.5 Å². The Labute approximate surface area is 119 Å². The van der Waals surface area contributed by atoms with Crippen LogP contribution in [0.15, 0.2) is 53.4 Å². The van der Waals surface area contributed by atoms with Gasteiger partial charge in [0.1, 0.15) is 0 Å². The quantitative estimate of drug-likeness (QED) is 0.812. The number of anilines is 1. The number of nitrogens with one attached hydrogen (secondary N) is 1. The largest absolute Gasteiger partial charge is 0.377 e. The predicted octanol–water partition coefficient (Wildman–Crippen LogP) is 3.83. The van der Waals surface area contributed by atoms with E-state index in [1.165, 1.54) is 16.0 Å². The molecule has 0 bridgehead atoms. The second-order valence-corrected chi connectivity index (χ2v) is 5.40. The summed E-state index contributed by atoms with van der Waals surface area (Å²) in [5.74, 6) is 0. The molecule has 2 aromatic carbocycles. The Balaban J connectivity index is 2.17. The average molecular weight is 272 g/mol. The van der Waals surface area contributed by atoms with Gasteiger partial charge >= 0.3 is 0 Å². The molecule has 0 aliphatic heterocycles. The highest BCUT2D eigenvalue weighted by atomic mass is 32.2. The van der Waals surface area contributed by atoms with E-state index in [1.807, 2.05) is 12.1 Å². The lowest BCUT2D eigenvalue weighted by atomic mass is 10.1. The highest BCUT2D eigenvalue weighted by molar-refractivity contribution is 7.98. The Hall–Kier alpha value is -1.45. The van der Waals surface area contributed by atoms with Gasteiger partial charge in [-0.1, -0.05) is 30.3 Å². The molecule has 0 heterocycles. The third-order valence-corrected chi connectivity index (χ3v) is 3.97. The molecule has 2 rings (SSSR count). The lowest BCUT2D eigenvalue weighted by Crippen LogP contribution is -2.20. The third-order valence-electron chi connectivity index (χ3n) is 3.23. The molecule has 0 radical (unpaired) electrons. The molecule has 100 valence electrons. The molecule has 0 aliphatic rings. The van der Waals surface area contributed by atoms with Gasteiger partial charge in [0.2, 0.25) is 0 Å². The van der Waals surface area contributed by atoms with Crippen molar-refractivity contribution in [3.8, 4) is 0 Å². The minimum absolute atomic E-state index is 0.150. The van der Waals surface area contributed by atoms with Gasteiger partial charge < -0.3 is 11.1 Å². The molecule has 0 spiro atoms. The van der Waals surface area contributed by atoms with Crippen molar-refractivity contribution in [3.63, 3.8) is 0 Å². The van der Waals surface area contributed by atoms with Crippen molar-refractivity contribution in [2.24, 2.45) is 5.73 Å². The maximum absolute atomic E-state index is 5.91. The van der Waals surface area contributed by atoms with E-state index in [9.17, 15) is 0 Å². The number of nitrogens with two attached hydrogens (primary N) is 1. The van der Waals surface area contributed by atoms with Gasteiger partial charge in [0.25, 0.3) is 0 Å². The molecule has 1 atom stereocenters. The number of para-hydroxylation sites is 1. The van der Waals surface area contributed by atoms with Crippen LogP contribution in [-0.4, -0.2) is 12.8 Å². The summed E-state index contributed by atoms with van der Waals surface area (Å²) in [6.45, 7) is 2.68. The van der Waals surface area contributed by atoms with E-state index < -0.39 is 0 Å². The molecule has 0 aliphatic carbocycles. The van der Waals surface area contributed by atoms with Crippen molar-refractivity contribution >= 4 is 17.4 Å². The summed E-state index contributed by atoms with van der Waals surface area (Å²) in [5.41, 5.74) is 9.51. The third kappa shape index (κ3) is 3.52. The smallest absolute Gasteiger partial charge is 0.0636 e. The van der Waals surface area contributed by atoms with E-state index in [2.05, 4.69) is 54.9 Å². The van der Waals surface area contributed by atoms with Crippen LogP contribution in [0, 0.1) is 6.92 Å². The summed E-state index contributed by atoms with van der Waals surface area (Å²) < 4.78 is 0. The Kier molecular flexibility index (Phi) is 4.88. The highest BCUT2D eigenvalue weighted by Crippen LogP contribution is 2.23. The van der Waals surface area contributed by atoms with E-state index in [4.69, 9.17) is 5.73 Å². The first-order valence-corrected chi connectivity index (χ1v) is 7.63. The van der Waals surface area contributed by atoms with Crippen LogP contribution >= 0.6 is 11.8 Å². The van der Waals surface area contributed by atoms with Crippen LogP contribution in [-0.2, 0) is 0 Å². The molecule has 0 amide bonds. The molecule has 3 heteroatoms. The number of benzene rings is 2. The lowest BCUT2D eigenvalue weighted by Gasteiger charge is -2.20. The zero-order valence-corrected chi connectivity index (χ0v) is 12.2. The van der Waals surface area contributed by atoms with Gasteiger partial charge in [-0.25, -0.2) is 0 Å². The van der Waals surface area contributed by atoms with E-state index in [-0.39, 0.29) is 6.04 Å². The Morgan fingerprint density at radius 2 is 1.79 bits per heavy atom. The normalized spacial score (nSPS) is 12.2. The van der Waals surface area contributed by atoms with Crippen LogP contribution in [0.1, 0.15) is 17.2 Å². The maximum Gasteiger partial charge on any atom is 0.0636 e. The van der Waals surface area contributed by atoms with Crippen molar-refractivity contribution in [1.29, 1.82) is 0 Å². The Morgan fingerprint density at radius 1 is 1.11 bits per heavy atom. The van der Waals surface area contributed by atoms with Crippen LogP contribution in [0.2, 0.25) is 0 Å². The Bertz CT molecular complexity index is 523. The van der Waals surface area contributed by atoms with Crippen molar-refractivity contribution in [3.05, 3.63) is 59.7 Å². The molecule has 0 fully saturated rings. The molecule has 2 nitrogen and oxygen atoms in total. The first-order chi connectivity index (χ1) is 9.24. The molecule has 0 aromatic heterocycles. The SMILES string of the molecule is CSc1ccc(C(CN)Nc2ccccc2C)cc1. The molecule has 19 heavy (non-hydrogen) atoms. The summed E-state index contributed by atoms with van der Waals surface area (Å²) >= 11 is 1.75. The van der Waals surface area contributed by atoms with Crippen molar-refractivity contribution in [1.82, 2.24) is 0 Å². The molecule has 1 unspecified atom stereocenters. The fourth-order valence-corrected chi connectivity index (χ4v) is 2.45. The maximum atomic E-state index is 5.91. The van der Waals surface area contributed by atoms with Crippen LogP contribution in [0.3, 0.4) is 0 Å². The van der Waals surface area contributed by atoms with Gasteiger partial charge in [-0.3, -0.25) is 0 Å². The van der Waals surface area contributed by atoms with Crippen molar-refractivity contribution < 1.29 is 0 Å². The Morgan fingerprint density at radius 3 is 2.37 bits per heavy atom. The average Bonchev–Trinajstić information content (AvgIpc) is 2.47. The zero-order valence-electron chi connectivity index (χ0n) is 11.4. The van der Waals surface area contributed by atoms with E-state index in [1.54, 1.807) is 11.8 Å². The second kappa shape index (κ2) is 6.64. The molecule has 0 saturated carbocycles. The molecule has 2 aromatic rings. The number of rotatable bonds is 5. The zero-order chi connectivity index (χ0) is 13.7. The topological polar surface area (TPSA) is 38.0 Å². The fourth-order valence-electron chi connectivity index (χ4n) is 2.04. The fraction of sp³-hybridized carbons (Fsp3) is 0.250. The van der Waals surface area contributed by atoms with E-state index in [0.717, 1.165) is 5.69 Å². The summed E-state index contributed by atoms with van der Waals surface area (Å²) in [6, 6.07) is 17.0. The first-order valence-electron chi connectivity index (χ1n) is 6.40. The molecule has 0 saturated heterocycles. The monoisotopic (exact) mass is 272 g/mol. The predicted molar refractivity (Wildman–Crippen MR) is 84.8 cm³/mol. The van der Waals surface area contributed by atoms with Crippen molar-refractivity contribution in [2.75, 3.05) is 18.1 Å². The van der Waals surface area contributed by atoms with Gasteiger partial charge in [0, 0.05) is 17.1 Å². The van der Waals surface area contributed by atoms with E-state index in [0.29, 0.717) is 6.54 Å². The summed E-state index contributed by atoms with van der Waals surface area (Å²) in [5, 5.41) is 3.52. The number of aryl methyl sites for hydroxylation is 1. The van der Waals surface area contributed by atoms with E-state index >= 15 is 0 Å². The highest BCUT2D eigenvalue weighted by Gasteiger charge is 2.10. The standard InChI is InChI=1S/C16H20N2S/c1-12-5-3-4-6-15(12)18-16(11-17)13-7-9-14(19-2)10-8-13/h3-10,16,18H,11,17H2,1-2H3. The van der Waals surface area contributed by atoms with Crippen LogP contribution in [0.25, 0.3) is 0 Å².